The zero-order chi connectivity index (χ0) is 15.2. The zero-order valence-corrected chi connectivity index (χ0v) is 13.1. The monoisotopic (exact) mass is 285 g/mol. The molecule has 1 unspecified atom stereocenters. The smallest absolute Gasteiger partial charge is 0.126 e. The molecular formula is C19H24FN. The fraction of sp³-hybridized carbons (Fsp3) is 0.368. The van der Waals surface area contributed by atoms with E-state index in [4.69, 9.17) is 0 Å². The fourth-order valence-corrected chi connectivity index (χ4v) is 2.55. The van der Waals surface area contributed by atoms with Gasteiger partial charge in [0, 0.05) is 12.6 Å². The molecule has 0 aliphatic rings. The van der Waals surface area contributed by atoms with Gasteiger partial charge in [0.05, 0.1) is 0 Å². The van der Waals surface area contributed by atoms with Gasteiger partial charge < -0.3 is 5.32 Å². The van der Waals surface area contributed by atoms with Crippen molar-refractivity contribution in [3.05, 3.63) is 71.0 Å². The van der Waals surface area contributed by atoms with Crippen molar-refractivity contribution in [2.45, 2.75) is 39.8 Å². The van der Waals surface area contributed by atoms with Gasteiger partial charge >= 0.3 is 0 Å². The van der Waals surface area contributed by atoms with Gasteiger partial charge in [0.1, 0.15) is 5.82 Å². The molecule has 0 aliphatic carbocycles. The molecule has 2 heteroatoms. The standard InChI is InChI=1S/C19H24FN/c1-14(2)11-19(17-7-5-4-6-8-17)21-13-16-9-10-18(20)15(3)12-16/h4-10,12,14,19,21H,11,13H2,1-3H3. The lowest BCUT2D eigenvalue weighted by atomic mass is 9.96. The van der Waals surface area contributed by atoms with E-state index in [0.29, 0.717) is 17.5 Å². The SMILES string of the molecule is Cc1cc(CNC(CC(C)C)c2ccccc2)ccc1F. The Morgan fingerprint density at radius 1 is 1.05 bits per heavy atom. The van der Waals surface area contributed by atoms with Crippen LogP contribution in [-0.4, -0.2) is 0 Å². The minimum atomic E-state index is -0.138. The van der Waals surface area contributed by atoms with Gasteiger partial charge in [-0.05, 0) is 42.0 Å². The third-order valence-corrected chi connectivity index (χ3v) is 3.68. The van der Waals surface area contributed by atoms with Gasteiger partial charge in [0.15, 0.2) is 0 Å². The molecule has 0 radical (unpaired) electrons. The number of aryl methyl sites for hydroxylation is 1. The van der Waals surface area contributed by atoms with Gasteiger partial charge in [-0.25, -0.2) is 4.39 Å². The highest BCUT2D eigenvalue weighted by molar-refractivity contribution is 5.24. The van der Waals surface area contributed by atoms with E-state index in [1.54, 1.807) is 6.07 Å². The van der Waals surface area contributed by atoms with Crippen LogP contribution in [0.1, 0.15) is 43.0 Å². The van der Waals surface area contributed by atoms with Crippen LogP contribution in [0.15, 0.2) is 48.5 Å². The predicted octanol–water partition coefficient (Wildman–Crippen LogP) is 5.01. The second kappa shape index (κ2) is 7.37. The van der Waals surface area contributed by atoms with Gasteiger partial charge in [-0.3, -0.25) is 0 Å². The van der Waals surface area contributed by atoms with E-state index in [-0.39, 0.29) is 5.82 Å². The molecule has 1 N–H and O–H groups in total. The molecule has 0 saturated heterocycles. The maximum absolute atomic E-state index is 13.3. The molecule has 21 heavy (non-hydrogen) atoms. The van der Waals surface area contributed by atoms with Gasteiger partial charge in [-0.1, -0.05) is 56.3 Å². The van der Waals surface area contributed by atoms with E-state index >= 15 is 0 Å². The molecule has 112 valence electrons. The predicted molar refractivity (Wildman–Crippen MR) is 86.6 cm³/mol. The molecule has 2 aromatic carbocycles. The molecule has 2 rings (SSSR count). The molecule has 0 fully saturated rings. The molecule has 0 spiro atoms. The summed E-state index contributed by atoms with van der Waals surface area (Å²) in [6, 6.07) is 16.2. The molecule has 0 amide bonds. The Morgan fingerprint density at radius 3 is 2.38 bits per heavy atom. The van der Waals surface area contributed by atoms with Gasteiger partial charge in [-0.15, -0.1) is 0 Å². The van der Waals surface area contributed by atoms with E-state index in [1.165, 1.54) is 5.56 Å². The van der Waals surface area contributed by atoms with E-state index in [2.05, 4.69) is 43.4 Å². The average Bonchev–Trinajstić information content (AvgIpc) is 2.47. The van der Waals surface area contributed by atoms with Crippen molar-refractivity contribution in [2.24, 2.45) is 5.92 Å². The molecule has 0 bridgehead atoms. The van der Waals surface area contributed by atoms with Crippen LogP contribution in [0.2, 0.25) is 0 Å². The van der Waals surface area contributed by atoms with Crippen molar-refractivity contribution >= 4 is 0 Å². The Balaban J connectivity index is 2.07. The summed E-state index contributed by atoms with van der Waals surface area (Å²) >= 11 is 0. The first-order chi connectivity index (χ1) is 10.1. The van der Waals surface area contributed by atoms with Crippen molar-refractivity contribution in [1.29, 1.82) is 0 Å². The van der Waals surface area contributed by atoms with Crippen molar-refractivity contribution in [3.63, 3.8) is 0 Å². The van der Waals surface area contributed by atoms with Crippen LogP contribution in [0, 0.1) is 18.7 Å². The molecular weight excluding hydrogens is 261 g/mol. The normalized spacial score (nSPS) is 12.6. The lowest BCUT2D eigenvalue weighted by molar-refractivity contribution is 0.428. The summed E-state index contributed by atoms with van der Waals surface area (Å²) in [6.07, 6.45) is 1.09. The first-order valence-electron chi connectivity index (χ1n) is 7.59. The topological polar surface area (TPSA) is 12.0 Å². The second-order valence-corrected chi connectivity index (χ2v) is 6.06. The lowest BCUT2D eigenvalue weighted by Gasteiger charge is -2.21. The molecule has 1 atom stereocenters. The van der Waals surface area contributed by atoms with Gasteiger partial charge in [0.25, 0.3) is 0 Å². The highest BCUT2D eigenvalue weighted by atomic mass is 19.1. The number of benzene rings is 2. The molecule has 2 aromatic rings. The highest BCUT2D eigenvalue weighted by Gasteiger charge is 2.12. The first-order valence-corrected chi connectivity index (χ1v) is 7.59. The first kappa shape index (κ1) is 15.7. The summed E-state index contributed by atoms with van der Waals surface area (Å²) in [4.78, 5) is 0. The summed E-state index contributed by atoms with van der Waals surface area (Å²) in [6.45, 7) is 7.04. The second-order valence-electron chi connectivity index (χ2n) is 6.06. The largest absolute Gasteiger partial charge is 0.306 e. The number of halogens is 1. The highest BCUT2D eigenvalue weighted by Crippen LogP contribution is 2.22. The number of nitrogens with one attached hydrogen (secondary N) is 1. The molecule has 0 heterocycles. The number of hydrogen-bond acceptors (Lipinski definition) is 1. The minimum absolute atomic E-state index is 0.138. The Hall–Kier alpha value is -1.67. The Morgan fingerprint density at radius 2 is 1.76 bits per heavy atom. The summed E-state index contributed by atoms with van der Waals surface area (Å²) in [5.74, 6) is 0.484. The van der Waals surface area contributed by atoms with Crippen LogP contribution in [-0.2, 0) is 6.54 Å². The van der Waals surface area contributed by atoms with Crippen molar-refractivity contribution < 1.29 is 4.39 Å². The third-order valence-electron chi connectivity index (χ3n) is 3.68. The van der Waals surface area contributed by atoms with Crippen molar-refractivity contribution in [3.8, 4) is 0 Å². The Labute approximate surface area is 127 Å². The maximum atomic E-state index is 13.3. The van der Waals surface area contributed by atoms with Gasteiger partial charge in [-0.2, -0.15) is 0 Å². The zero-order valence-electron chi connectivity index (χ0n) is 13.1. The van der Waals surface area contributed by atoms with Gasteiger partial charge in [0.2, 0.25) is 0 Å². The lowest BCUT2D eigenvalue weighted by Crippen LogP contribution is -2.22. The summed E-state index contributed by atoms with van der Waals surface area (Å²) in [5, 5.41) is 3.61. The fourth-order valence-electron chi connectivity index (χ4n) is 2.55. The van der Waals surface area contributed by atoms with Crippen LogP contribution in [0.25, 0.3) is 0 Å². The Kier molecular flexibility index (Phi) is 5.51. The summed E-state index contributed by atoms with van der Waals surface area (Å²) in [7, 11) is 0. The van der Waals surface area contributed by atoms with Crippen LogP contribution in [0.4, 0.5) is 4.39 Å². The number of rotatable bonds is 6. The molecule has 1 nitrogen and oxygen atoms in total. The van der Waals surface area contributed by atoms with Crippen molar-refractivity contribution in [2.75, 3.05) is 0 Å². The molecule has 0 saturated carbocycles. The van der Waals surface area contributed by atoms with Crippen LogP contribution >= 0.6 is 0 Å². The quantitative estimate of drug-likeness (QED) is 0.786. The van der Waals surface area contributed by atoms with Crippen LogP contribution in [0.5, 0.6) is 0 Å². The summed E-state index contributed by atoms with van der Waals surface area (Å²) < 4.78 is 13.3. The summed E-state index contributed by atoms with van der Waals surface area (Å²) in [5.41, 5.74) is 3.14. The number of hydrogen-bond donors (Lipinski definition) is 1. The Bertz CT molecular complexity index is 563. The third kappa shape index (κ3) is 4.68. The molecule has 0 aliphatic heterocycles. The molecule has 0 aromatic heterocycles. The van der Waals surface area contributed by atoms with Crippen molar-refractivity contribution in [1.82, 2.24) is 5.32 Å². The van der Waals surface area contributed by atoms with Crippen LogP contribution in [0.3, 0.4) is 0 Å². The maximum Gasteiger partial charge on any atom is 0.126 e. The van der Waals surface area contributed by atoms with Crippen LogP contribution < -0.4 is 5.32 Å². The minimum Gasteiger partial charge on any atom is -0.306 e. The van der Waals surface area contributed by atoms with E-state index in [1.807, 2.05) is 25.1 Å². The van der Waals surface area contributed by atoms with E-state index in [0.717, 1.165) is 18.5 Å². The van der Waals surface area contributed by atoms with E-state index in [9.17, 15) is 4.39 Å². The average molecular weight is 285 g/mol. The van der Waals surface area contributed by atoms with E-state index < -0.39 is 0 Å².